The Kier molecular flexibility index (Phi) is 7.22. The van der Waals surface area contributed by atoms with Gasteiger partial charge < -0.3 is 20.8 Å². The van der Waals surface area contributed by atoms with Gasteiger partial charge in [-0.05, 0) is 48.7 Å². The minimum atomic E-state index is -2.94. The van der Waals surface area contributed by atoms with E-state index in [1.165, 1.54) is 42.5 Å². The van der Waals surface area contributed by atoms with E-state index in [1.807, 2.05) is 4.90 Å². The monoisotopic (exact) mass is 435 g/mol. The van der Waals surface area contributed by atoms with Gasteiger partial charge in [-0.2, -0.15) is 8.78 Å². The first-order valence-corrected chi connectivity index (χ1v) is 9.53. The van der Waals surface area contributed by atoms with Crippen molar-refractivity contribution in [2.24, 2.45) is 10.7 Å². The summed E-state index contributed by atoms with van der Waals surface area (Å²) in [6.45, 7) is -1.99. The number of hydrogen-bond donors (Lipinski definition) is 2. The number of nitrogens with one attached hydrogen (secondary N) is 1. The average Bonchev–Trinajstić information content (AvgIpc) is 2.74. The first-order chi connectivity index (χ1) is 14.9. The number of halogens is 4. The van der Waals surface area contributed by atoms with E-state index in [-0.39, 0.29) is 17.4 Å². The average molecular weight is 435 g/mol. The van der Waals surface area contributed by atoms with E-state index in [9.17, 15) is 17.6 Å². The van der Waals surface area contributed by atoms with Crippen LogP contribution in [0.1, 0.15) is 18.4 Å². The van der Waals surface area contributed by atoms with Crippen LogP contribution in [0.5, 0.6) is 5.75 Å². The van der Waals surface area contributed by atoms with Crippen molar-refractivity contribution in [3.8, 4) is 5.75 Å². The number of pyridine rings is 1. The Morgan fingerprint density at radius 2 is 1.87 bits per heavy atom. The molecule has 1 aliphatic heterocycles. The molecule has 10 heteroatoms. The second kappa shape index (κ2) is 10.1. The number of nitrogens with two attached hydrogens (primary N) is 1. The van der Waals surface area contributed by atoms with Gasteiger partial charge in [-0.3, -0.25) is 0 Å². The van der Waals surface area contributed by atoms with Crippen LogP contribution in [0.15, 0.2) is 47.5 Å². The molecular formula is C21H21F4N5O. The fourth-order valence-corrected chi connectivity index (χ4v) is 3.10. The van der Waals surface area contributed by atoms with Crippen LogP contribution in [0, 0.1) is 11.2 Å². The predicted octanol–water partition coefficient (Wildman–Crippen LogP) is 4.48. The molecule has 0 atom stereocenters. The number of anilines is 1. The van der Waals surface area contributed by atoms with Gasteiger partial charge in [0, 0.05) is 24.9 Å². The molecule has 1 aromatic carbocycles. The number of aromatic nitrogens is 1. The standard InChI is InChI=1S/C21H21F4N5O/c22-15-7-9-30(10-8-15)19-6-5-17(23)20(29-19)28-18(27)11-14(12-26)13-1-3-16(4-2-13)31-21(24)25/h1-6,11-12,15,21,26H,7-10H2,(H2,27,28,29)/b14-11+,26-12?. The number of allylic oxidation sites excluding steroid dienone is 1. The number of ether oxygens (including phenoxy) is 1. The zero-order valence-corrected chi connectivity index (χ0v) is 16.4. The Morgan fingerprint density at radius 1 is 1.19 bits per heavy atom. The van der Waals surface area contributed by atoms with E-state index in [0.717, 1.165) is 6.21 Å². The molecule has 0 spiro atoms. The quantitative estimate of drug-likeness (QED) is 0.381. The van der Waals surface area contributed by atoms with E-state index >= 15 is 0 Å². The molecule has 2 aromatic rings. The van der Waals surface area contributed by atoms with Gasteiger partial charge in [-0.25, -0.2) is 18.8 Å². The minimum Gasteiger partial charge on any atom is -0.435 e. The van der Waals surface area contributed by atoms with Gasteiger partial charge in [0.1, 0.15) is 23.6 Å². The number of piperidine rings is 1. The van der Waals surface area contributed by atoms with Crippen molar-refractivity contribution in [1.82, 2.24) is 4.98 Å². The van der Waals surface area contributed by atoms with Crippen molar-refractivity contribution in [3.05, 3.63) is 53.9 Å². The molecule has 0 unspecified atom stereocenters. The Labute approximate surface area is 176 Å². The second-order valence-electron chi connectivity index (χ2n) is 6.82. The van der Waals surface area contributed by atoms with Crippen LogP contribution in [0.3, 0.4) is 0 Å². The Morgan fingerprint density at radius 3 is 2.48 bits per heavy atom. The fraction of sp³-hybridized carbons (Fsp3) is 0.286. The molecule has 0 bridgehead atoms. The maximum absolute atomic E-state index is 14.2. The molecule has 1 aromatic heterocycles. The van der Waals surface area contributed by atoms with Gasteiger partial charge in [-0.1, -0.05) is 12.1 Å². The topological polar surface area (TPSA) is 87.6 Å². The summed E-state index contributed by atoms with van der Waals surface area (Å²) in [6.07, 6.45) is 2.27. The smallest absolute Gasteiger partial charge is 0.387 e. The van der Waals surface area contributed by atoms with E-state index in [4.69, 9.17) is 11.1 Å². The predicted molar refractivity (Wildman–Crippen MR) is 112 cm³/mol. The summed E-state index contributed by atoms with van der Waals surface area (Å²) in [5, 5.41) is 7.58. The third-order valence-corrected chi connectivity index (χ3v) is 4.67. The van der Waals surface area contributed by atoms with Gasteiger partial charge in [0.2, 0.25) is 0 Å². The minimum absolute atomic E-state index is 0.0235. The summed E-state index contributed by atoms with van der Waals surface area (Å²) in [5.41, 5.74) is 6.74. The lowest BCUT2D eigenvalue weighted by Crippen LogP contribution is -2.34. The molecule has 164 valence electrons. The van der Waals surface area contributed by atoms with Crippen molar-refractivity contribution in [3.63, 3.8) is 0 Å². The molecule has 0 aliphatic carbocycles. The summed E-state index contributed by atoms with van der Waals surface area (Å²) >= 11 is 0. The Balaban J connectivity index is 1.81. The zero-order valence-electron chi connectivity index (χ0n) is 16.4. The first kappa shape index (κ1) is 22.3. The van der Waals surface area contributed by atoms with Gasteiger partial charge in [-0.15, -0.1) is 0 Å². The summed E-state index contributed by atoms with van der Waals surface area (Å²) in [5.74, 6) is -0.545. The summed E-state index contributed by atoms with van der Waals surface area (Å²) in [6, 6.07) is 8.35. The highest BCUT2D eigenvalue weighted by Gasteiger charge is 2.20. The number of rotatable bonds is 7. The molecule has 31 heavy (non-hydrogen) atoms. The second-order valence-corrected chi connectivity index (χ2v) is 6.82. The molecule has 6 nitrogen and oxygen atoms in total. The molecule has 0 saturated carbocycles. The van der Waals surface area contributed by atoms with Gasteiger partial charge >= 0.3 is 6.61 Å². The highest BCUT2D eigenvalue weighted by molar-refractivity contribution is 6.15. The van der Waals surface area contributed by atoms with Crippen molar-refractivity contribution >= 4 is 29.3 Å². The Hall–Kier alpha value is -3.43. The SMILES string of the molecule is N=C/C(=C\C(N)=N\c1nc(N2CCC(F)CC2)ccc1F)c1ccc(OC(F)F)cc1. The van der Waals surface area contributed by atoms with E-state index in [2.05, 4.69) is 14.7 Å². The van der Waals surface area contributed by atoms with Crippen molar-refractivity contribution in [2.45, 2.75) is 25.6 Å². The lowest BCUT2D eigenvalue weighted by Gasteiger charge is -2.29. The molecule has 1 fully saturated rings. The molecule has 3 N–H and O–H groups in total. The van der Waals surface area contributed by atoms with Crippen molar-refractivity contribution in [2.75, 3.05) is 18.0 Å². The molecular weight excluding hydrogens is 414 g/mol. The van der Waals surface area contributed by atoms with Crippen LogP contribution in [-0.4, -0.2) is 42.9 Å². The maximum Gasteiger partial charge on any atom is 0.387 e. The molecule has 3 rings (SSSR count). The van der Waals surface area contributed by atoms with Crippen LogP contribution in [0.2, 0.25) is 0 Å². The first-order valence-electron chi connectivity index (χ1n) is 9.53. The molecule has 0 radical (unpaired) electrons. The highest BCUT2D eigenvalue weighted by Crippen LogP contribution is 2.24. The summed E-state index contributed by atoms with van der Waals surface area (Å²) in [4.78, 5) is 10.1. The lowest BCUT2D eigenvalue weighted by atomic mass is 10.1. The van der Waals surface area contributed by atoms with Crippen molar-refractivity contribution < 1.29 is 22.3 Å². The highest BCUT2D eigenvalue weighted by atomic mass is 19.3. The van der Waals surface area contributed by atoms with Crippen LogP contribution in [0.25, 0.3) is 5.57 Å². The number of hydrogen-bond acceptors (Lipinski definition) is 5. The number of aliphatic imine (C=N–C) groups is 1. The third kappa shape index (κ3) is 6.03. The van der Waals surface area contributed by atoms with Crippen LogP contribution in [-0.2, 0) is 0 Å². The van der Waals surface area contributed by atoms with E-state index in [0.29, 0.717) is 42.9 Å². The van der Waals surface area contributed by atoms with Gasteiger partial charge in [0.15, 0.2) is 11.6 Å². The number of benzene rings is 1. The van der Waals surface area contributed by atoms with E-state index < -0.39 is 18.6 Å². The van der Waals surface area contributed by atoms with Gasteiger partial charge in [0.25, 0.3) is 0 Å². The molecule has 2 heterocycles. The molecule has 1 aliphatic rings. The number of nitrogens with zero attached hydrogens (tertiary/aromatic N) is 3. The summed E-state index contributed by atoms with van der Waals surface area (Å²) < 4.78 is 56.4. The number of amidine groups is 1. The normalized spacial score (nSPS) is 16.0. The van der Waals surface area contributed by atoms with Crippen molar-refractivity contribution in [1.29, 1.82) is 5.41 Å². The van der Waals surface area contributed by atoms with Gasteiger partial charge in [0.05, 0.1) is 0 Å². The Bertz CT molecular complexity index is 970. The number of alkyl halides is 3. The molecule has 1 saturated heterocycles. The zero-order chi connectivity index (χ0) is 22.4. The molecule has 0 amide bonds. The maximum atomic E-state index is 14.2. The fourth-order valence-electron chi connectivity index (χ4n) is 3.10. The summed E-state index contributed by atoms with van der Waals surface area (Å²) in [7, 11) is 0. The van der Waals surface area contributed by atoms with E-state index in [1.54, 1.807) is 0 Å². The largest absolute Gasteiger partial charge is 0.435 e. The van der Waals surface area contributed by atoms with Crippen LogP contribution >= 0.6 is 0 Å². The van der Waals surface area contributed by atoms with Crippen LogP contribution in [0.4, 0.5) is 29.2 Å². The van der Waals surface area contributed by atoms with Crippen LogP contribution < -0.4 is 15.4 Å². The third-order valence-electron chi connectivity index (χ3n) is 4.67. The lowest BCUT2D eigenvalue weighted by molar-refractivity contribution is -0.0498.